The van der Waals surface area contributed by atoms with E-state index >= 15 is 0 Å². The highest BCUT2D eigenvalue weighted by Gasteiger charge is 2.29. The molecule has 0 radical (unpaired) electrons. The van der Waals surface area contributed by atoms with E-state index in [0.717, 1.165) is 22.3 Å². The van der Waals surface area contributed by atoms with Gasteiger partial charge in [0, 0.05) is 12.3 Å². The Kier molecular flexibility index (Phi) is 6.71. The fourth-order valence-corrected chi connectivity index (χ4v) is 3.48. The van der Waals surface area contributed by atoms with Crippen LogP contribution in [0.4, 0.5) is 4.79 Å². The summed E-state index contributed by atoms with van der Waals surface area (Å²) in [7, 11) is 0. The number of carboxylic acid groups (broad SMARTS) is 1. The number of ether oxygens (including phenoxy) is 1. The van der Waals surface area contributed by atoms with Crippen LogP contribution in [0.2, 0.25) is 0 Å². The van der Waals surface area contributed by atoms with E-state index in [9.17, 15) is 14.4 Å². The zero-order valence-corrected chi connectivity index (χ0v) is 16.5. The molecule has 0 heterocycles. The van der Waals surface area contributed by atoms with E-state index in [2.05, 4.69) is 22.5 Å². The molecular weight excluding hydrogens is 384 g/mol. The molecule has 1 unspecified atom stereocenters. The molecule has 3 N–H and O–H groups in total. The smallest absolute Gasteiger partial charge is 0.407 e. The van der Waals surface area contributed by atoms with Gasteiger partial charge in [0.25, 0.3) is 0 Å². The molecule has 0 saturated carbocycles. The Balaban J connectivity index is 1.66. The predicted molar refractivity (Wildman–Crippen MR) is 111 cm³/mol. The quantitative estimate of drug-likeness (QED) is 0.613. The lowest BCUT2D eigenvalue weighted by molar-refractivity contribution is -0.138. The van der Waals surface area contributed by atoms with Crippen molar-refractivity contribution in [1.82, 2.24) is 10.6 Å². The van der Waals surface area contributed by atoms with Crippen molar-refractivity contribution in [3.05, 3.63) is 59.7 Å². The number of benzene rings is 2. The van der Waals surface area contributed by atoms with Crippen LogP contribution in [-0.4, -0.2) is 42.3 Å². The van der Waals surface area contributed by atoms with Crippen LogP contribution in [0.15, 0.2) is 48.5 Å². The van der Waals surface area contributed by atoms with Gasteiger partial charge in [-0.05, 0) is 29.2 Å². The van der Waals surface area contributed by atoms with Gasteiger partial charge in [0.1, 0.15) is 19.2 Å². The summed E-state index contributed by atoms with van der Waals surface area (Å²) >= 11 is 0. The second kappa shape index (κ2) is 9.61. The van der Waals surface area contributed by atoms with Gasteiger partial charge in [-0.1, -0.05) is 48.5 Å². The number of amides is 2. The number of rotatable bonds is 7. The minimum atomic E-state index is -1.18. The van der Waals surface area contributed by atoms with Gasteiger partial charge in [-0.2, -0.15) is 0 Å². The fourth-order valence-electron chi connectivity index (χ4n) is 3.48. The zero-order valence-electron chi connectivity index (χ0n) is 16.5. The molecule has 0 aromatic heterocycles. The van der Waals surface area contributed by atoms with Crippen molar-refractivity contribution in [2.45, 2.75) is 25.3 Å². The van der Waals surface area contributed by atoms with Crippen molar-refractivity contribution in [3.8, 4) is 23.0 Å². The molecule has 0 aliphatic heterocycles. The van der Waals surface area contributed by atoms with Crippen molar-refractivity contribution >= 4 is 18.0 Å². The molecule has 2 amide bonds. The number of hydrogen-bond donors (Lipinski definition) is 3. The average molecular weight is 406 g/mol. The monoisotopic (exact) mass is 406 g/mol. The number of carbonyl (C=O) groups excluding carboxylic acids is 2. The maximum atomic E-state index is 12.4. The molecule has 0 spiro atoms. The summed E-state index contributed by atoms with van der Waals surface area (Å²) in [6.07, 6.45) is -0.711. The first-order valence-corrected chi connectivity index (χ1v) is 9.52. The van der Waals surface area contributed by atoms with E-state index in [4.69, 9.17) is 9.84 Å². The molecular formula is C23H22N2O5. The average Bonchev–Trinajstić information content (AvgIpc) is 3.07. The summed E-state index contributed by atoms with van der Waals surface area (Å²) in [4.78, 5) is 35.2. The third-order valence-electron chi connectivity index (χ3n) is 4.85. The second-order valence-electron chi connectivity index (χ2n) is 6.76. The Hall–Kier alpha value is -3.79. The highest BCUT2D eigenvalue weighted by Crippen LogP contribution is 2.44. The highest BCUT2D eigenvalue weighted by molar-refractivity contribution is 5.88. The van der Waals surface area contributed by atoms with Crippen LogP contribution in [0.25, 0.3) is 11.1 Å². The standard InChI is InChI=1S/C23H22N2O5/c1-2-3-12-20(22(28)24-13-21(26)27)25-23(29)30-14-19-17-10-6-4-8-15(17)16-9-5-7-11-18(16)19/h4-11,19-20H,12-14H2,1H3,(H,24,28)(H,25,29)(H,26,27). The van der Waals surface area contributed by atoms with Crippen molar-refractivity contribution in [2.75, 3.05) is 13.2 Å². The molecule has 0 fully saturated rings. The van der Waals surface area contributed by atoms with Crippen LogP contribution in [0.5, 0.6) is 0 Å². The topological polar surface area (TPSA) is 105 Å². The molecule has 7 nitrogen and oxygen atoms in total. The van der Waals surface area contributed by atoms with Crippen molar-refractivity contribution in [1.29, 1.82) is 0 Å². The first kappa shape index (κ1) is 20.9. The van der Waals surface area contributed by atoms with E-state index in [1.165, 1.54) is 0 Å². The van der Waals surface area contributed by atoms with Gasteiger partial charge < -0.3 is 20.5 Å². The number of fused-ring (bicyclic) bond motifs is 3. The molecule has 1 aliphatic carbocycles. The molecule has 0 bridgehead atoms. The van der Waals surface area contributed by atoms with E-state index in [-0.39, 0.29) is 18.9 Å². The summed E-state index contributed by atoms with van der Waals surface area (Å²) in [6.45, 7) is 1.18. The molecule has 7 heteroatoms. The van der Waals surface area contributed by atoms with E-state index in [1.807, 2.05) is 48.5 Å². The fraction of sp³-hybridized carbons (Fsp3) is 0.261. The summed E-state index contributed by atoms with van der Waals surface area (Å²) in [5.41, 5.74) is 4.40. The number of carboxylic acids is 1. The Morgan fingerprint density at radius 2 is 1.67 bits per heavy atom. The van der Waals surface area contributed by atoms with Crippen molar-refractivity contribution < 1.29 is 24.2 Å². The molecule has 0 saturated heterocycles. The van der Waals surface area contributed by atoms with Gasteiger partial charge in [-0.3, -0.25) is 9.59 Å². The van der Waals surface area contributed by atoms with Gasteiger partial charge in [0.2, 0.25) is 5.91 Å². The first-order chi connectivity index (χ1) is 14.5. The lowest BCUT2D eigenvalue weighted by Gasteiger charge is -2.18. The van der Waals surface area contributed by atoms with Gasteiger partial charge in [-0.25, -0.2) is 4.79 Å². The number of hydrogen-bond acceptors (Lipinski definition) is 4. The van der Waals surface area contributed by atoms with Crippen LogP contribution >= 0.6 is 0 Å². The molecule has 30 heavy (non-hydrogen) atoms. The molecule has 1 aliphatic rings. The van der Waals surface area contributed by atoms with Crippen LogP contribution in [0.1, 0.15) is 30.4 Å². The number of carbonyl (C=O) groups is 3. The predicted octanol–water partition coefficient (Wildman–Crippen LogP) is 2.51. The largest absolute Gasteiger partial charge is 0.480 e. The molecule has 154 valence electrons. The molecule has 2 aromatic carbocycles. The minimum Gasteiger partial charge on any atom is -0.480 e. The number of alkyl carbamates (subject to hydrolysis) is 1. The lowest BCUT2D eigenvalue weighted by atomic mass is 9.98. The van der Waals surface area contributed by atoms with Crippen molar-refractivity contribution in [2.24, 2.45) is 0 Å². The SMILES string of the molecule is CC#CCC(NC(=O)OCC1c2ccccc2-c2ccccc21)C(=O)NCC(=O)O. The maximum Gasteiger partial charge on any atom is 0.407 e. The lowest BCUT2D eigenvalue weighted by Crippen LogP contribution is -2.48. The zero-order chi connectivity index (χ0) is 21.5. The summed E-state index contributed by atoms with van der Waals surface area (Å²) < 4.78 is 5.43. The minimum absolute atomic E-state index is 0.0478. The normalized spacial score (nSPS) is 12.6. The van der Waals surface area contributed by atoms with Gasteiger partial charge in [0.05, 0.1) is 0 Å². The summed E-state index contributed by atoms with van der Waals surface area (Å²) in [5.74, 6) is 3.46. The Bertz CT molecular complexity index is 976. The van der Waals surface area contributed by atoms with Gasteiger partial charge in [0.15, 0.2) is 0 Å². The van der Waals surface area contributed by atoms with Crippen LogP contribution in [-0.2, 0) is 14.3 Å². The van der Waals surface area contributed by atoms with E-state index in [1.54, 1.807) is 6.92 Å². The maximum absolute atomic E-state index is 12.4. The molecule has 2 aromatic rings. The van der Waals surface area contributed by atoms with Gasteiger partial charge >= 0.3 is 12.1 Å². The third-order valence-corrected chi connectivity index (χ3v) is 4.85. The van der Waals surface area contributed by atoms with Crippen molar-refractivity contribution in [3.63, 3.8) is 0 Å². The van der Waals surface area contributed by atoms with E-state index < -0.39 is 30.6 Å². The molecule has 1 atom stereocenters. The molecule has 3 rings (SSSR count). The second-order valence-corrected chi connectivity index (χ2v) is 6.76. The van der Waals surface area contributed by atoms with Crippen LogP contribution in [0.3, 0.4) is 0 Å². The Labute approximate surface area is 174 Å². The van der Waals surface area contributed by atoms with E-state index in [0.29, 0.717) is 0 Å². The Morgan fingerprint density at radius 1 is 1.07 bits per heavy atom. The third kappa shape index (κ3) is 4.78. The summed E-state index contributed by atoms with van der Waals surface area (Å²) in [5, 5.41) is 13.4. The van der Waals surface area contributed by atoms with Crippen LogP contribution in [0, 0.1) is 11.8 Å². The van der Waals surface area contributed by atoms with Crippen LogP contribution < -0.4 is 10.6 Å². The summed E-state index contributed by atoms with van der Waals surface area (Å²) in [6, 6.07) is 14.9. The number of nitrogens with one attached hydrogen (secondary N) is 2. The van der Waals surface area contributed by atoms with Gasteiger partial charge in [-0.15, -0.1) is 11.8 Å². The number of aliphatic carboxylic acids is 1. The highest BCUT2D eigenvalue weighted by atomic mass is 16.5. The first-order valence-electron chi connectivity index (χ1n) is 9.52. The Morgan fingerprint density at radius 3 is 2.23 bits per heavy atom.